The van der Waals surface area contributed by atoms with Gasteiger partial charge in [0.1, 0.15) is 41.7 Å². The highest BCUT2D eigenvalue weighted by Gasteiger charge is 2.44. The Hall–Kier alpha value is -2.39. The van der Waals surface area contributed by atoms with Crippen molar-refractivity contribution in [3.8, 4) is 11.3 Å². The van der Waals surface area contributed by atoms with Crippen LogP contribution in [0.15, 0.2) is 36.7 Å². The second-order valence-electron chi connectivity index (χ2n) is 6.02. The second kappa shape index (κ2) is 6.16. The predicted molar refractivity (Wildman–Crippen MR) is 88.5 cm³/mol. The van der Waals surface area contributed by atoms with Crippen molar-refractivity contribution in [3.63, 3.8) is 0 Å². The smallest absolute Gasteiger partial charge is 0.166 e. The predicted octanol–water partition coefficient (Wildman–Crippen LogP) is 0.413. The van der Waals surface area contributed by atoms with E-state index in [9.17, 15) is 15.3 Å². The molecule has 2 aromatic heterocycles. The number of aliphatic hydroxyl groups excluding tert-OH is 3. The van der Waals surface area contributed by atoms with Gasteiger partial charge in [-0.05, 0) is 6.92 Å². The highest BCUT2D eigenvalue weighted by Crippen LogP contribution is 2.34. The van der Waals surface area contributed by atoms with Crippen LogP contribution in [0.25, 0.3) is 22.4 Å². The third kappa shape index (κ3) is 2.50. The van der Waals surface area contributed by atoms with Crippen LogP contribution in [0.5, 0.6) is 0 Å². The van der Waals surface area contributed by atoms with E-state index in [0.717, 1.165) is 5.56 Å². The number of aromatic nitrogens is 4. The van der Waals surface area contributed by atoms with E-state index in [1.54, 1.807) is 11.5 Å². The molecule has 8 heteroatoms. The highest BCUT2D eigenvalue weighted by molar-refractivity contribution is 5.87. The Kier molecular flexibility index (Phi) is 3.97. The monoisotopic (exact) mass is 342 g/mol. The van der Waals surface area contributed by atoms with Crippen molar-refractivity contribution >= 4 is 11.2 Å². The fourth-order valence-electron chi connectivity index (χ4n) is 3.22. The summed E-state index contributed by atoms with van der Waals surface area (Å²) in [5.41, 5.74) is 2.67. The lowest BCUT2D eigenvalue weighted by atomic mass is 10.1. The van der Waals surface area contributed by atoms with E-state index in [2.05, 4.69) is 15.0 Å². The van der Waals surface area contributed by atoms with Crippen LogP contribution < -0.4 is 0 Å². The minimum Gasteiger partial charge on any atom is -0.394 e. The molecule has 0 bridgehead atoms. The number of fused-ring (bicyclic) bond motifs is 1. The number of ether oxygens (including phenoxy) is 1. The van der Waals surface area contributed by atoms with E-state index in [-0.39, 0.29) is 6.61 Å². The molecule has 0 amide bonds. The molecule has 0 spiro atoms. The van der Waals surface area contributed by atoms with Gasteiger partial charge in [-0.2, -0.15) is 0 Å². The summed E-state index contributed by atoms with van der Waals surface area (Å²) < 4.78 is 7.26. The van der Waals surface area contributed by atoms with Crippen LogP contribution in [0.4, 0.5) is 0 Å². The molecule has 3 N–H and O–H groups in total. The lowest BCUT2D eigenvalue weighted by Crippen LogP contribution is -2.33. The number of hydrogen-bond acceptors (Lipinski definition) is 7. The van der Waals surface area contributed by atoms with Gasteiger partial charge in [-0.1, -0.05) is 30.3 Å². The van der Waals surface area contributed by atoms with Gasteiger partial charge in [0.25, 0.3) is 0 Å². The van der Waals surface area contributed by atoms with Crippen LogP contribution in [0.3, 0.4) is 0 Å². The van der Waals surface area contributed by atoms with Crippen LogP contribution in [-0.2, 0) is 4.74 Å². The van der Waals surface area contributed by atoms with Gasteiger partial charge in [-0.3, -0.25) is 4.57 Å². The Bertz CT molecular complexity index is 898. The fraction of sp³-hybridized carbons (Fsp3) is 0.353. The Morgan fingerprint density at radius 3 is 2.56 bits per heavy atom. The summed E-state index contributed by atoms with van der Waals surface area (Å²) in [7, 11) is 0. The summed E-state index contributed by atoms with van der Waals surface area (Å²) in [6.07, 6.45) is -2.67. The molecule has 4 atom stereocenters. The van der Waals surface area contributed by atoms with Crippen molar-refractivity contribution in [2.45, 2.75) is 31.5 Å². The van der Waals surface area contributed by atoms with Crippen LogP contribution in [-0.4, -0.2) is 59.8 Å². The summed E-state index contributed by atoms with van der Waals surface area (Å²) in [6, 6.07) is 9.62. The van der Waals surface area contributed by atoms with E-state index in [1.807, 2.05) is 30.3 Å². The van der Waals surface area contributed by atoms with Crippen LogP contribution in [0, 0.1) is 6.92 Å². The maximum atomic E-state index is 10.3. The highest BCUT2D eigenvalue weighted by atomic mass is 16.6. The molecule has 3 heterocycles. The molecule has 1 aliphatic heterocycles. The molecule has 25 heavy (non-hydrogen) atoms. The molecule has 1 aliphatic rings. The number of hydrogen-bond donors (Lipinski definition) is 3. The Morgan fingerprint density at radius 1 is 1.12 bits per heavy atom. The van der Waals surface area contributed by atoms with Gasteiger partial charge in [0.2, 0.25) is 0 Å². The Morgan fingerprint density at radius 2 is 1.88 bits per heavy atom. The van der Waals surface area contributed by atoms with Crippen LogP contribution in [0.2, 0.25) is 0 Å². The van der Waals surface area contributed by atoms with Crippen molar-refractivity contribution in [1.29, 1.82) is 0 Å². The number of benzene rings is 1. The normalized spacial score (nSPS) is 26.4. The first-order chi connectivity index (χ1) is 12.1. The fourth-order valence-corrected chi connectivity index (χ4v) is 3.22. The summed E-state index contributed by atoms with van der Waals surface area (Å²) in [5.74, 6) is 0.572. The van der Waals surface area contributed by atoms with Gasteiger partial charge in [0.05, 0.1) is 6.61 Å². The zero-order valence-electron chi connectivity index (χ0n) is 13.5. The van der Waals surface area contributed by atoms with E-state index < -0.39 is 24.5 Å². The van der Waals surface area contributed by atoms with Crippen molar-refractivity contribution in [2.75, 3.05) is 6.61 Å². The maximum Gasteiger partial charge on any atom is 0.166 e. The number of aliphatic hydroxyl groups is 3. The zero-order valence-corrected chi connectivity index (χ0v) is 13.5. The summed E-state index contributed by atoms with van der Waals surface area (Å²) in [4.78, 5) is 13.2. The number of rotatable bonds is 3. The topological polar surface area (TPSA) is 114 Å². The largest absolute Gasteiger partial charge is 0.394 e. The average Bonchev–Trinajstić information content (AvgIpc) is 3.11. The van der Waals surface area contributed by atoms with Gasteiger partial charge in [-0.25, -0.2) is 15.0 Å². The molecule has 130 valence electrons. The maximum absolute atomic E-state index is 10.3. The second-order valence-corrected chi connectivity index (χ2v) is 6.02. The van der Waals surface area contributed by atoms with Gasteiger partial charge in [0, 0.05) is 5.56 Å². The van der Waals surface area contributed by atoms with Crippen molar-refractivity contribution < 1.29 is 20.1 Å². The number of aryl methyl sites for hydroxylation is 1. The molecule has 0 saturated carbocycles. The third-order valence-corrected chi connectivity index (χ3v) is 4.47. The van der Waals surface area contributed by atoms with Gasteiger partial charge in [0.15, 0.2) is 11.9 Å². The molecule has 8 nitrogen and oxygen atoms in total. The SMILES string of the molecule is Cc1nc2c(-c3ccccc3)ncnc2n1[C@@H]1O[C@H](CO)[C@@H](O)[C@H]1O. The summed E-state index contributed by atoms with van der Waals surface area (Å²) in [5, 5.41) is 29.6. The minimum atomic E-state index is -1.19. The first kappa shape index (κ1) is 16.1. The van der Waals surface area contributed by atoms with Gasteiger partial charge >= 0.3 is 0 Å². The van der Waals surface area contributed by atoms with Crippen molar-refractivity contribution in [2.24, 2.45) is 0 Å². The minimum absolute atomic E-state index is 0.384. The van der Waals surface area contributed by atoms with E-state index in [4.69, 9.17) is 4.74 Å². The van der Waals surface area contributed by atoms with Gasteiger partial charge in [-0.15, -0.1) is 0 Å². The number of nitrogens with zero attached hydrogens (tertiary/aromatic N) is 4. The quantitative estimate of drug-likeness (QED) is 0.632. The van der Waals surface area contributed by atoms with E-state index >= 15 is 0 Å². The molecular weight excluding hydrogens is 324 g/mol. The van der Waals surface area contributed by atoms with E-state index in [0.29, 0.717) is 22.7 Å². The van der Waals surface area contributed by atoms with E-state index in [1.165, 1.54) is 6.33 Å². The summed E-state index contributed by atoms with van der Waals surface area (Å²) >= 11 is 0. The lowest BCUT2D eigenvalue weighted by Gasteiger charge is -2.18. The van der Waals surface area contributed by atoms with Gasteiger partial charge < -0.3 is 20.1 Å². The molecule has 1 saturated heterocycles. The van der Waals surface area contributed by atoms with Crippen LogP contribution in [0.1, 0.15) is 12.1 Å². The first-order valence-electron chi connectivity index (χ1n) is 7.99. The number of imidazole rings is 1. The molecule has 4 rings (SSSR count). The van der Waals surface area contributed by atoms with Crippen LogP contribution >= 0.6 is 0 Å². The Balaban J connectivity index is 1.86. The Labute approximate surface area is 143 Å². The summed E-state index contributed by atoms with van der Waals surface area (Å²) in [6.45, 7) is 1.38. The van der Waals surface area contributed by atoms with Crippen molar-refractivity contribution in [3.05, 3.63) is 42.5 Å². The molecule has 0 radical (unpaired) electrons. The molecular formula is C17H18N4O4. The molecule has 3 aromatic rings. The van der Waals surface area contributed by atoms with Crippen molar-refractivity contribution in [1.82, 2.24) is 19.5 Å². The third-order valence-electron chi connectivity index (χ3n) is 4.47. The first-order valence-corrected chi connectivity index (χ1v) is 7.99. The average molecular weight is 342 g/mol. The molecule has 0 unspecified atom stereocenters. The molecule has 0 aliphatic carbocycles. The molecule has 1 fully saturated rings. The lowest BCUT2D eigenvalue weighted by molar-refractivity contribution is -0.0519. The molecule has 1 aromatic carbocycles. The standard InChI is InChI=1S/C17H18N4O4/c1-9-20-13-12(10-5-3-2-4-6-10)18-8-19-16(13)21(9)17-15(24)14(23)11(7-22)25-17/h2-6,8,11,14-15,17,22-24H,7H2,1H3/t11-,14-,15-,17-/m1/s1. The zero-order chi connectivity index (χ0) is 17.6.